The highest BCUT2D eigenvalue weighted by Gasteiger charge is 2.16. The Balaban J connectivity index is 2.43. The van der Waals surface area contributed by atoms with Gasteiger partial charge in [-0.3, -0.25) is 4.90 Å². The molecule has 0 saturated carbocycles. The van der Waals surface area contributed by atoms with Gasteiger partial charge in [-0.2, -0.15) is 0 Å². The third-order valence-electron chi connectivity index (χ3n) is 3.03. The molecule has 0 saturated heterocycles. The molecule has 0 unspecified atom stereocenters. The molecule has 0 heterocycles. The van der Waals surface area contributed by atoms with E-state index >= 15 is 0 Å². The Morgan fingerprint density at radius 1 is 1.16 bits per heavy atom. The highest BCUT2D eigenvalue weighted by atomic mass is 16.2. The number of nitrogens with zero attached hydrogens (tertiary/aromatic N) is 1. The van der Waals surface area contributed by atoms with Gasteiger partial charge in [0.15, 0.2) is 0 Å². The summed E-state index contributed by atoms with van der Waals surface area (Å²) in [6, 6.07) is 14.3. The van der Waals surface area contributed by atoms with Gasteiger partial charge in [0.05, 0.1) is 5.69 Å². The van der Waals surface area contributed by atoms with Crippen LogP contribution in [-0.4, -0.2) is 18.6 Å². The zero-order valence-corrected chi connectivity index (χ0v) is 11.7. The molecule has 3 nitrogen and oxygen atoms in total. The molecule has 0 aliphatic heterocycles. The molecule has 0 aliphatic rings. The van der Waals surface area contributed by atoms with Crippen LogP contribution in [-0.2, 0) is 0 Å². The molecule has 1 N–H and O–H groups in total. The van der Waals surface area contributed by atoms with Crippen LogP contribution in [0, 0.1) is 0 Å². The second kappa shape index (κ2) is 5.74. The molecule has 0 fully saturated rings. The monoisotopic (exact) mass is 256 g/mol. The van der Waals surface area contributed by atoms with Crippen LogP contribution in [0.15, 0.2) is 42.5 Å². The number of carbonyl (C=O) groups excluding carboxylic acids is 1. The topological polar surface area (TPSA) is 32.3 Å². The van der Waals surface area contributed by atoms with E-state index in [0.29, 0.717) is 6.54 Å². The van der Waals surface area contributed by atoms with Gasteiger partial charge >= 0.3 is 6.03 Å². The molecule has 2 amide bonds. The number of nitrogens with one attached hydrogen (secondary N) is 1. The van der Waals surface area contributed by atoms with E-state index in [1.165, 1.54) is 0 Å². The van der Waals surface area contributed by atoms with Crippen LogP contribution in [0.1, 0.15) is 20.8 Å². The van der Waals surface area contributed by atoms with E-state index in [9.17, 15) is 4.79 Å². The van der Waals surface area contributed by atoms with Crippen LogP contribution in [0.5, 0.6) is 0 Å². The first-order valence-electron chi connectivity index (χ1n) is 6.69. The van der Waals surface area contributed by atoms with E-state index < -0.39 is 0 Å². The van der Waals surface area contributed by atoms with Crippen LogP contribution < -0.4 is 10.2 Å². The minimum atomic E-state index is -0.0474. The summed E-state index contributed by atoms with van der Waals surface area (Å²) in [5.74, 6) is 0. The summed E-state index contributed by atoms with van der Waals surface area (Å²) in [5, 5.41) is 5.20. The number of carbonyl (C=O) groups is 1. The molecule has 0 radical (unpaired) electrons. The van der Waals surface area contributed by atoms with Gasteiger partial charge < -0.3 is 5.32 Å². The van der Waals surface area contributed by atoms with Crippen molar-refractivity contribution in [2.45, 2.75) is 26.8 Å². The zero-order chi connectivity index (χ0) is 13.8. The molecular formula is C16H20N2O. The minimum absolute atomic E-state index is 0.0474. The first kappa shape index (κ1) is 13.4. The summed E-state index contributed by atoms with van der Waals surface area (Å²) in [6.45, 7) is 6.57. The zero-order valence-electron chi connectivity index (χ0n) is 11.7. The number of anilines is 1. The molecule has 0 aliphatic carbocycles. The fourth-order valence-electron chi connectivity index (χ4n) is 2.19. The van der Waals surface area contributed by atoms with Gasteiger partial charge in [0.2, 0.25) is 0 Å². The lowest BCUT2D eigenvalue weighted by atomic mass is 10.1. The molecule has 0 bridgehead atoms. The van der Waals surface area contributed by atoms with Crippen LogP contribution in [0.2, 0.25) is 0 Å². The number of benzene rings is 2. The van der Waals surface area contributed by atoms with Gasteiger partial charge in [0, 0.05) is 18.0 Å². The molecule has 2 aromatic carbocycles. The van der Waals surface area contributed by atoms with Crippen LogP contribution in [0.3, 0.4) is 0 Å². The molecule has 2 rings (SSSR count). The van der Waals surface area contributed by atoms with Crippen LogP contribution in [0.4, 0.5) is 10.5 Å². The van der Waals surface area contributed by atoms with E-state index in [0.717, 1.165) is 16.5 Å². The Hall–Kier alpha value is -2.03. The number of hydrogen-bond donors (Lipinski definition) is 1. The Morgan fingerprint density at radius 2 is 1.84 bits per heavy atom. The van der Waals surface area contributed by atoms with Crippen molar-refractivity contribution in [1.82, 2.24) is 5.32 Å². The third-order valence-corrected chi connectivity index (χ3v) is 3.03. The van der Waals surface area contributed by atoms with E-state index in [4.69, 9.17) is 0 Å². The first-order chi connectivity index (χ1) is 9.13. The SMILES string of the molecule is CCN(C(=O)NC(C)C)c1cccc2ccccc12. The van der Waals surface area contributed by atoms with Crippen molar-refractivity contribution < 1.29 is 4.79 Å². The normalized spacial score (nSPS) is 10.7. The quantitative estimate of drug-likeness (QED) is 0.890. The summed E-state index contributed by atoms with van der Waals surface area (Å²) in [5.41, 5.74) is 0.957. The smallest absolute Gasteiger partial charge is 0.322 e. The Morgan fingerprint density at radius 3 is 2.53 bits per heavy atom. The summed E-state index contributed by atoms with van der Waals surface area (Å²) in [7, 11) is 0. The largest absolute Gasteiger partial charge is 0.336 e. The first-order valence-corrected chi connectivity index (χ1v) is 6.69. The van der Waals surface area contributed by atoms with E-state index in [1.54, 1.807) is 4.90 Å². The fraction of sp³-hybridized carbons (Fsp3) is 0.312. The standard InChI is InChI=1S/C16H20N2O/c1-4-18(16(19)17-12(2)3)15-11-7-9-13-8-5-6-10-14(13)15/h5-12H,4H2,1-3H3,(H,17,19). The molecule has 19 heavy (non-hydrogen) atoms. The Labute approximate surface area is 114 Å². The number of urea groups is 1. The molecule has 3 heteroatoms. The average Bonchev–Trinajstić information content (AvgIpc) is 2.39. The van der Waals surface area contributed by atoms with Crippen molar-refractivity contribution in [3.63, 3.8) is 0 Å². The minimum Gasteiger partial charge on any atom is -0.336 e. The van der Waals surface area contributed by atoms with Gasteiger partial charge in [0.25, 0.3) is 0 Å². The fourth-order valence-corrected chi connectivity index (χ4v) is 2.19. The summed E-state index contributed by atoms with van der Waals surface area (Å²) >= 11 is 0. The lowest BCUT2D eigenvalue weighted by Crippen LogP contribution is -2.43. The van der Waals surface area contributed by atoms with E-state index in [-0.39, 0.29) is 12.1 Å². The maximum Gasteiger partial charge on any atom is 0.322 e. The van der Waals surface area contributed by atoms with Crippen molar-refractivity contribution in [2.75, 3.05) is 11.4 Å². The molecule has 100 valence electrons. The van der Waals surface area contributed by atoms with Gasteiger partial charge in [-0.15, -0.1) is 0 Å². The third kappa shape index (κ3) is 2.87. The molecule has 0 aromatic heterocycles. The van der Waals surface area contributed by atoms with Gasteiger partial charge in [-0.05, 0) is 32.2 Å². The van der Waals surface area contributed by atoms with Crippen molar-refractivity contribution in [3.8, 4) is 0 Å². The number of amides is 2. The Bertz CT molecular complexity index is 572. The van der Waals surface area contributed by atoms with Crippen molar-refractivity contribution in [2.24, 2.45) is 0 Å². The second-order valence-corrected chi connectivity index (χ2v) is 4.85. The average molecular weight is 256 g/mol. The van der Waals surface area contributed by atoms with Crippen molar-refractivity contribution in [3.05, 3.63) is 42.5 Å². The van der Waals surface area contributed by atoms with Gasteiger partial charge in [-0.25, -0.2) is 4.79 Å². The lowest BCUT2D eigenvalue weighted by molar-refractivity contribution is 0.244. The maximum atomic E-state index is 12.2. The van der Waals surface area contributed by atoms with Gasteiger partial charge in [0.1, 0.15) is 0 Å². The molecule has 0 spiro atoms. The van der Waals surface area contributed by atoms with Crippen LogP contribution >= 0.6 is 0 Å². The van der Waals surface area contributed by atoms with Crippen molar-refractivity contribution >= 4 is 22.5 Å². The predicted molar refractivity (Wildman–Crippen MR) is 80.6 cm³/mol. The Kier molecular flexibility index (Phi) is 4.05. The van der Waals surface area contributed by atoms with E-state index in [2.05, 4.69) is 23.5 Å². The predicted octanol–water partition coefficient (Wildman–Crippen LogP) is 3.78. The summed E-state index contributed by atoms with van der Waals surface area (Å²) < 4.78 is 0. The van der Waals surface area contributed by atoms with Crippen molar-refractivity contribution in [1.29, 1.82) is 0 Å². The highest BCUT2D eigenvalue weighted by molar-refractivity contribution is 6.03. The lowest BCUT2D eigenvalue weighted by Gasteiger charge is -2.24. The highest BCUT2D eigenvalue weighted by Crippen LogP contribution is 2.26. The molecule has 0 atom stereocenters. The summed E-state index contributed by atoms with van der Waals surface area (Å²) in [4.78, 5) is 14.0. The van der Waals surface area contributed by atoms with Gasteiger partial charge in [-0.1, -0.05) is 36.4 Å². The molecular weight excluding hydrogens is 236 g/mol. The second-order valence-electron chi connectivity index (χ2n) is 4.85. The number of rotatable bonds is 3. The van der Waals surface area contributed by atoms with E-state index in [1.807, 2.05) is 45.0 Å². The van der Waals surface area contributed by atoms with Crippen LogP contribution in [0.25, 0.3) is 10.8 Å². The number of hydrogen-bond acceptors (Lipinski definition) is 1. The maximum absolute atomic E-state index is 12.2. The molecule has 2 aromatic rings. The number of fused-ring (bicyclic) bond motifs is 1. The summed E-state index contributed by atoms with van der Waals surface area (Å²) in [6.07, 6.45) is 0.